The summed E-state index contributed by atoms with van der Waals surface area (Å²) in [7, 11) is 0. The van der Waals surface area contributed by atoms with E-state index in [-0.39, 0.29) is 35.2 Å². The van der Waals surface area contributed by atoms with Crippen LogP contribution in [0.3, 0.4) is 0 Å². The summed E-state index contributed by atoms with van der Waals surface area (Å²) in [4.78, 5) is 38.4. The summed E-state index contributed by atoms with van der Waals surface area (Å²) in [5.41, 5.74) is -1.73. The third kappa shape index (κ3) is 2.15. The largest absolute Gasteiger partial charge is 0.388 e. The Labute approximate surface area is 170 Å². The molecule has 5 nitrogen and oxygen atoms in total. The fraction of sp³-hybridized carbons (Fsp3) is 0.773. The Hall–Kier alpha value is -0.980. The van der Waals surface area contributed by atoms with Crippen LogP contribution in [0.2, 0.25) is 0 Å². The van der Waals surface area contributed by atoms with Gasteiger partial charge in [-0.05, 0) is 56.3 Å². The lowest BCUT2D eigenvalue weighted by Crippen LogP contribution is -2.68. The van der Waals surface area contributed by atoms with Gasteiger partial charge in [0.15, 0.2) is 17.3 Å². The number of carbonyl (C=O) groups excluding carboxylic acids is 3. The van der Waals surface area contributed by atoms with E-state index in [0.717, 1.165) is 18.4 Å². The number of rotatable bonds is 3. The summed E-state index contributed by atoms with van der Waals surface area (Å²) < 4.78 is -0.616. The lowest BCUT2D eigenvalue weighted by atomic mass is 9.45. The number of carbonyl (C=O) groups is 3. The van der Waals surface area contributed by atoms with Crippen LogP contribution >= 0.6 is 11.8 Å². The van der Waals surface area contributed by atoms with Crippen molar-refractivity contribution in [2.75, 3.05) is 12.9 Å². The number of allylic oxidation sites excluding steroid dienone is 1. The smallest absolute Gasteiger partial charge is 0.190 e. The maximum atomic E-state index is 13.9. The number of hydrogen-bond donors (Lipinski definition) is 2. The molecule has 0 saturated heterocycles. The molecule has 0 amide bonds. The van der Waals surface area contributed by atoms with Crippen LogP contribution in [0.25, 0.3) is 0 Å². The number of aliphatic hydroxyl groups excluding tert-OH is 1. The van der Waals surface area contributed by atoms with Crippen molar-refractivity contribution >= 4 is 29.1 Å². The van der Waals surface area contributed by atoms with Crippen molar-refractivity contribution in [3.8, 4) is 0 Å². The van der Waals surface area contributed by atoms with Gasteiger partial charge in [-0.15, -0.1) is 11.8 Å². The molecule has 6 heteroatoms. The molecule has 0 spiro atoms. The second kappa shape index (κ2) is 6.26. The molecule has 4 aliphatic rings. The molecule has 0 heterocycles. The highest BCUT2D eigenvalue weighted by atomic mass is 32.2. The van der Waals surface area contributed by atoms with Gasteiger partial charge in [0.25, 0.3) is 0 Å². The van der Waals surface area contributed by atoms with E-state index in [1.54, 1.807) is 17.8 Å². The van der Waals surface area contributed by atoms with Gasteiger partial charge < -0.3 is 10.2 Å². The van der Waals surface area contributed by atoms with Gasteiger partial charge in [-0.3, -0.25) is 14.4 Å². The van der Waals surface area contributed by atoms with Crippen molar-refractivity contribution in [3.63, 3.8) is 0 Å². The van der Waals surface area contributed by atoms with Crippen LogP contribution in [-0.2, 0) is 14.4 Å². The first-order valence-electron chi connectivity index (χ1n) is 10.3. The van der Waals surface area contributed by atoms with Crippen LogP contribution in [0.1, 0.15) is 58.8 Å². The zero-order valence-corrected chi connectivity index (χ0v) is 17.7. The predicted octanol–water partition coefficient (Wildman–Crippen LogP) is 2.48. The van der Waals surface area contributed by atoms with E-state index in [4.69, 9.17) is 0 Å². The van der Waals surface area contributed by atoms with Gasteiger partial charge in [-0.1, -0.05) is 19.4 Å². The molecule has 0 radical (unpaired) electrons. The Morgan fingerprint density at radius 1 is 1.18 bits per heavy atom. The van der Waals surface area contributed by atoms with Gasteiger partial charge in [0.05, 0.1) is 4.75 Å². The molecule has 0 aliphatic heterocycles. The minimum absolute atomic E-state index is 0.0501. The molecule has 3 saturated carbocycles. The normalized spacial score (nSPS) is 47.8. The van der Waals surface area contributed by atoms with Crippen molar-refractivity contribution in [1.29, 1.82) is 0 Å². The van der Waals surface area contributed by atoms with Crippen LogP contribution < -0.4 is 0 Å². The monoisotopic (exact) mass is 406 g/mol. The highest BCUT2D eigenvalue weighted by molar-refractivity contribution is 8.00. The van der Waals surface area contributed by atoms with E-state index in [2.05, 4.69) is 6.92 Å². The average molecular weight is 407 g/mol. The van der Waals surface area contributed by atoms with Gasteiger partial charge in [-0.25, -0.2) is 0 Å². The summed E-state index contributed by atoms with van der Waals surface area (Å²) in [6.45, 7) is 3.32. The number of ketones is 3. The first kappa shape index (κ1) is 20.3. The molecular formula is C22H30O5S. The van der Waals surface area contributed by atoms with Crippen molar-refractivity contribution in [2.24, 2.45) is 22.7 Å². The van der Waals surface area contributed by atoms with E-state index in [0.29, 0.717) is 25.7 Å². The minimum Gasteiger partial charge on any atom is -0.388 e. The van der Waals surface area contributed by atoms with Gasteiger partial charge in [0.2, 0.25) is 0 Å². The Kier molecular flexibility index (Phi) is 4.54. The highest BCUT2D eigenvalue weighted by Crippen LogP contribution is 2.71. The number of Topliss-reactive ketones (excluding diaryl/α,β-unsaturated/α-hetero) is 2. The second-order valence-corrected chi connectivity index (χ2v) is 10.7. The van der Waals surface area contributed by atoms with Crippen LogP contribution in [-0.4, -0.2) is 50.8 Å². The molecule has 28 heavy (non-hydrogen) atoms. The summed E-state index contributed by atoms with van der Waals surface area (Å²) in [5, 5.41) is 20.7. The lowest BCUT2D eigenvalue weighted by Gasteiger charge is -2.63. The van der Waals surface area contributed by atoms with Gasteiger partial charge in [-0.2, -0.15) is 0 Å². The van der Waals surface area contributed by atoms with E-state index in [9.17, 15) is 24.6 Å². The highest BCUT2D eigenvalue weighted by Gasteiger charge is 2.73. The van der Waals surface area contributed by atoms with E-state index < -0.39 is 28.2 Å². The Morgan fingerprint density at radius 2 is 1.89 bits per heavy atom. The maximum Gasteiger partial charge on any atom is 0.190 e. The standard InChI is InChI=1S/C22H30O5S/c1-19-8-6-14(24)10-13(19)4-5-16-15-7-9-21(27,18(26)12-23)20(15,2)11-17(25)22(16,19)28-3/h10,15-16,23,27H,4-9,11-12H2,1-3H3/t15-,16+,19+,20-,21+,22+/m0/s1. The van der Waals surface area contributed by atoms with Gasteiger partial charge in [0.1, 0.15) is 12.2 Å². The topological polar surface area (TPSA) is 91.7 Å². The molecule has 6 atom stereocenters. The van der Waals surface area contributed by atoms with Crippen LogP contribution in [0.4, 0.5) is 0 Å². The molecule has 4 aliphatic carbocycles. The lowest BCUT2D eigenvalue weighted by molar-refractivity contribution is -0.167. The molecule has 3 fully saturated rings. The molecule has 4 rings (SSSR count). The maximum absolute atomic E-state index is 13.9. The van der Waals surface area contributed by atoms with Gasteiger partial charge in [0, 0.05) is 23.7 Å². The summed E-state index contributed by atoms with van der Waals surface area (Å²) in [5.74, 6) is -0.206. The van der Waals surface area contributed by atoms with Crippen LogP contribution in [0.5, 0.6) is 0 Å². The van der Waals surface area contributed by atoms with E-state index in [1.165, 1.54) is 0 Å². The molecular weight excluding hydrogens is 376 g/mol. The zero-order valence-electron chi connectivity index (χ0n) is 16.9. The molecule has 2 N–H and O–H groups in total. The fourth-order valence-electron chi connectivity index (χ4n) is 7.40. The number of hydrogen-bond acceptors (Lipinski definition) is 6. The van der Waals surface area contributed by atoms with Crippen LogP contribution in [0.15, 0.2) is 11.6 Å². The van der Waals surface area contributed by atoms with Crippen molar-refractivity contribution in [1.82, 2.24) is 0 Å². The summed E-state index contributed by atoms with van der Waals surface area (Å²) >= 11 is 1.62. The Balaban J connectivity index is 1.84. The summed E-state index contributed by atoms with van der Waals surface area (Å²) in [6, 6.07) is 0. The third-order valence-corrected chi connectivity index (χ3v) is 10.5. The predicted molar refractivity (Wildman–Crippen MR) is 107 cm³/mol. The zero-order chi connectivity index (χ0) is 20.5. The SMILES string of the molecule is CS[C@@]12C(=O)C[C@@]3(C)[C@@H](CC[C@@]3(O)C(=O)CO)[C@H]1CCC1=CC(=O)CC[C@]12C. The third-order valence-electron chi connectivity index (χ3n) is 8.92. The van der Waals surface area contributed by atoms with Crippen molar-refractivity contribution in [3.05, 3.63) is 11.6 Å². The minimum atomic E-state index is -1.63. The van der Waals surface area contributed by atoms with Crippen molar-refractivity contribution < 1.29 is 24.6 Å². The first-order valence-corrected chi connectivity index (χ1v) is 11.5. The molecule has 0 aromatic carbocycles. The molecule has 0 unspecified atom stereocenters. The second-order valence-electron chi connectivity index (χ2n) is 9.66. The Bertz CT molecular complexity index is 790. The number of aliphatic hydroxyl groups is 2. The quantitative estimate of drug-likeness (QED) is 0.748. The molecule has 0 aromatic rings. The first-order chi connectivity index (χ1) is 13.1. The Morgan fingerprint density at radius 3 is 2.54 bits per heavy atom. The summed E-state index contributed by atoms with van der Waals surface area (Å²) in [6.07, 6.45) is 7.66. The average Bonchev–Trinajstić information content (AvgIpc) is 2.93. The van der Waals surface area contributed by atoms with Crippen molar-refractivity contribution in [2.45, 2.75) is 69.1 Å². The van der Waals surface area contributed by atoms with E-state index in [1.807, 2.05) is 13.2 Å². The number of fused-ring (bicyclic) bond motifs is 5. The van der Waals surface area contributed by atoms with Crippen LogP contribution in [0, 0.1) is 22.7 Å². The van der Waals surface area contributed by atoms with Gasteiger partial charge >= 0.3 is 0 Å². The number of thioether (sulfide) groups is 1. The molecule has 0 bridgehead atoms. The van der Waals surface area contributed by atoms with E-state index >= 15 is 0 Å². The fourth-order valence-corrected chi connectivity index (χ4v) is 8.96. The molecule has 0 aromatic heterocycles. The molecule has 154 valence electrons.